The molecule has 2 rings (SSSR count). The van der Waals surface area contributed by atoms with Gasteiger partial charge in [-0.25, -0.2) is 4.98 Å². The Kier molecular flexibility index (Phi) is 3.67. The fourth-order valence-corrected chi connectivity index (χ4v) is 1.94. The van der Waals surface area contributed by atoms with E-state index in [4.69, 9.17) is 0 Å². The summed E-state index contributed by atoms with van der Waals surface area (Å²) in [5, 5.41) is 22.0. The van der Waals surface area contributed by atoms with E-state index in [2.05, 4.69) is 4.98 Å². The Labute approximate surface area is 111 Å². The van der Waals surface area contributed by atoms with Crippen molar-refractivity contribution in [2.24, 2.45) is 0 Å². The molecule has 0 saturated carbocycles. The van der Waals surface area contributed by atoms with Gasteiger partial charge in [0.1, 0.15) is 0 Å². The highest BCUT2D eigenvalue weighted by atomic mass is 32.1. The van der Waals surface area contributed by atoms with Crippen molar-refractivity contribution in [3.8, 4) is 5.75 Å². The molecule has 19 heavy (non-hydrogen) atoms. The van der Waals surface area contributed by atoms with Crippen molar-refractivity contribution in [3.05, 3.63) is 56.5 Å². The number of ketones is 1. The molecule has 0 spiro atoms. The second kappa shape index (κ2) is 5.40. The molecule has 0 atom stereocenters. The number of carbonyl (C=O) groups is 1. The maximum atomic E-state index is 11.6. The molecule has 7 heteroatoms. The van der Waals surface area contributed by atoms with Crippen molar-refractivity contribution in [2.75, 3.05) is 0 Å². The zero-order valence-electron chi connectivity index (χ0n) is 9.52. The molecular formula is C12H8N2O4S. The topological polar surface area (TPSA) is 93.3 Å². The molecule has 1 aromatic carbocycles. The van der Waals surface area contributed by atoms with Crippen molar-refractivity contribution >= 4 is 28.9 Å². The minimum atomic E-state index is -0.677. The number of hydrogen-bond donors (Lipinski definition) is 1. The molecule has 0 aliphatic rings. The number of benzene rings is 1. The molecule has 0 aliphatic heterocycles. The molecule has 6 nitrogen and oxygen atoms in total. The van der Waals surface area contributed by atoms with Gasteiger partial charge in [0.05, 0.1) is 4.92 Å². The fraction of sp³-hybridized carbons (Fsp3) is 0. The number of aromatic nitrogens is 1. The lowest BCUT2D eigenvalue weighted by Crippen LogP contribution is -1.92. The van der Waals surface area contributed by atoms with Gasteiger partial charge >= 0.3 is 5.69 Å². The van der Waals surface area contributed by atoms with Crippen molar-refractivity contribution < 1.29 is 14.8 Å². The highest BCUT2D eigenvalue weighted by Crippen LogP contribution is 2.26. The average Bonchev–Trinajstić information content (AvgIpc) is 2.89. The van der Waals surface area contributed by atoms with Gasteiger partial charge in [-0.1, -0.05) is 6.08 Å². The summed E-state index contributed by atoms with van der Waals surface area (Å²) in [6.07, 6.45) is 4.30. The Hall–Kier alpha value is -2.54. The first kappa shape index (κ1) is 12.9. The highest BCUT2D eigenvalue weighted by molar-refractivity contribution is 7.11. The van der Waals surface area contributed by atoms with Crippen LogP contribution < -0.4 is 0 Å². The van der Waals surface area contributed by atoms with E-state index in [1.807, 2.05) is 0 Å². The van der Waals surface area contributed by atoms with E-state index in [0.717, 1.165) is 0 Å². The van der Waals surface area contributed by atoms with Gasteiger partial charge in [0.2, 0.25) is 5.78 Å². The van der Waals surface area contributed by atoms with Gasteiger partial charge < -0.3 is 5.11 Å². The van der Waals surface area contributed by atoms with Crippen LogP contribution in [0.15, 0.2) is 35.9 Å². The minimum Gasteiger partial charge on any atom is -0.502 e. The van der Waals surface area contributed by atoms with E-state index < -0.39 is 10.7 Å². The largest absolute Gasteiger partial charge is 0.502 e. The molecule has 0 aliphatic carbocycles. The van der Waals surface area contributed by atoms with Gasteiger partial charge in [-0.05, 0) is 23.8 Å². The summed E-state index contributed by atoms with van der Waals surface area (Å²) in [6.45, 7) is 0. The minimum absolute atomic E-state index is 0.257. The van der Waals surface area contributed by atoms with Crippen LogP contribution in [0.5, 0.6) is 5.75 Å². The molecule has 0 saturated heterocycles. The van der Waals surface area contributed by atoms with E-state index >= 15 is 0 Å². The number of rotatable bonds is 4. The predicted molar refractivity (Wildman–Crippen MR) is 70.2 cm³/mol. The van der Waals surface area contributed by atoms with Crippen molar-refractivity contribution in [2.45, 2.75) is 0 Å². The van der Waals surface area contributed by atoms with E-state index in [9.17, 15) is 20.0 Å². The average molecular weight is 276 g/mol. The van der Waals surface area contributed by atoms with Gasteiger partial charge in [0.25, 0.3) is 0 Å². The van der Waals surface area contributed by atoms with Crippen LogP contribution in [0.1, 0.15) is 15.4 Å². The van der Waals surface area contributed by atoms with E-state index in [1.54, 1.807) is 5.38 Å². The second-order valence-corrected chi connectivity index (χ2v) is 4.43. The maximum absolute atomic E-state index is 11.6. The van der Waals surface area contributed by atoms with Crippen LogP contribution in [0.2, 0.25) is 0 Å². The normalized spacial score (nSPS) is 10.7. The smallest absolute Gasteiger partial charge is 0.310 e. The third kappa shape index (κ3) is 3.02. The fourth-order valence-electron chi connectivity index (χ4n) is 1.39. The Morgan fingerprint density at radius 3 is 2.84 bits per heavy atom. The Morgan fingerprint density at radius 2 is 2.26 bits per heavy atom. The number of allylic oxidation sites excluding steroid dienone is 1. The zero-order chi connectivity index (χ0) is 13.8. The van der Waals surface area contributed by atoms with Crippen LogP contribution in [0.25, 0.3) is 6.08 Å². The van der Waals surface area contributed by atoms with Gasteiger partial charge in [-0.3, -0.25) is 14.9 Å². The summed E-state index contributed by atoms with van der Waals surface area (Å²) < 4.78 is 0. The molecule has 0 fully saturated rings. The number of carbonyl (C=O) groups excluding carboxylic acids is 1. The number of nitro groups is 1. The third-order valence-electron chi connectivity index (χ3n) is 2.27. The molecule has 0 radical (unpaired) electrons. The molecule has 1 aromatic heterocycles. The monoisotopic (exact) mass is 276 g/mol. The predicted octanol–water partition coefficient (Wildman–Crippen LogP) is 2.65. The number of phenolic OH excluding ortho intramolecular Hbond substituents is 1. The summed E-state index contributed by atoms with van der Waals surface area (Å²) in [4.78, 5) is 25.3. The third-order valence-corrected chi connectivity index (χ3v) is 3.05. The number of phenols is 1. The van der Waals surface area contributed by atoms with Crippen LogP contribution in [-0.4, -0.2) is 20.8 Å². The Balaban J connectivity index is 2.18. The summed E-state index contributed by atoms with van der Waals surface area (Å²) in [7, 11) is 0. The van der Waals surface area contributed by atoms with Crippen LogP contribution in [-0.2, 0) is 0 Å². The molecular weight excluding hydrogens is 268 g/mol. The maximum Gasteiger partial charge on any atom is 0.310 e. The van der Waals surface area contributed by atoms with Gasteiger partial charge in [-0.2, -0.15) is 0 Å². The molecule has 0 amide bonds. The highest BCUT2D eigenvalue weighted by Gasteiger charge is 2.12. The molecule has 2 aromatic rings. The van der Waals surface area contributed by atoms with Crippen LogP contribution >= 0.6 is 11.3 Å². The quantitative estimate of drug-likeness (QED) is 0.401. The van der Waals surface area contributed by atoms with E-state index in [1.165, 1.54) is 47.9 Å². The SMILES string of the molecule is O=C(/C=C\c1ccc([N+](=O)[O-])c(O)c1)c1nccs1. The first-order valence-electron chi connectivity index (χ1n) is 5.17. The van der Waals surface area contributed by atoms with Crippen LogP contribution in [0.3, 0.4) is 0 Å². The Morgan fingerprint density at radius 1 is 1.47 bits per heavy atom. The number of hydrogen-bond acceptors (Lipinski definition) is 6. The van der Waals surface area contributed by atoms with Crippen molar-refractivity contribution in [1.29, 1.82) is 0 Å². The lowest BCUT2D eigenvalue weighted by atomic mass is 10.1. The zero-order valence-corrected chi connectivity index (χ0v) is 10.3. The van der Waals surface area contributed by atoms with Crippen molar-refractivity contribution in [3.63, 3.8) is 0 Å². The number of thiazole rings is 1. The molecule has 96 valence electrons. The number of aromatic hydroxyl groups is 1. The first-order chi connectivity index (χ1) is 9.08. The molecule has 0 unspecified atom stereocenters. The lowest BCUT2D eigenvalue weighted by Gasteiger charge is -1.97. The lowest BCUT2D eigenvalue weighted by molar-refractivity contribution is -0.385. The molecule has 1 heterocycles. The van der Waals surface area contributed by atoms with Crippen LogP contribution in [0.4, 0.5) is 5.69 Å². The van der Waals surface area contributed by atoms with Crippen molar-refractivity contribution in [1.82, 2.24) is 4.98 Å². The van der Waals surface area contributed by atoms with Gasteiger partial charge in [0, 0.05) is 17.6 Å². The van der Waals surface area contributed by atoms with Crippen LogP contribution in [0, 0.1) is 10.1 Å². The summed E-state index contributed by atoms with van der Waals surface area (Å²) >= 11 is 1.23. The number of nitrogens with zero attached hydrogens (tertiary/aromatic N) is 2. The summed E-state index contributed by atoms with van der Waals surface area (Å²) in [5.41, 5.74) is 0.122. The molecule has 0 bridgehead atoms. The van der Waals surface area contributed by atoms with E-state index in [-0.39, 0.29) is 11.5 Å². The number of nitro benzene ring substituents is 1. The van der Waals surface area contributed by atoms with E-state index in [0.29, 0.717) is 10.6 Å². The summed E-state index contributed by atoms with van der Waals surface area (Å²) in [6, 6.07) is 3.86. The Bertz CT molecular complexity index is 650. The van der Waals surface area contributed by atoms with Gasteiger partial charge in [-0.15, -0.1) is 11.3 Å². The summed E-state index contributed by atoms with van der Waals surface area (Å²) in [5.74, 6) is -0.693. The van der Waals surface area contributed by atoms with Gasteiger partial charge in [0.15, 0.2) is 10.8 Å². The molecule has 1 N–H and O–H groups in total. The second-order valence-electron chi connectivity index (χ2n) is 3.54. The first-order valence-corrected chi connectivity index (χ1v) is 6.05. The standard InChI is InChI=1S/C12H8N2O4S/c15-10(12-13-5-6-19-12)4-2-8-1-3-9(14(17)18)11(16)7-8/h1-7,16H/b4-2-.